The van der Waals surface area contributed by atoms with Crippen molar-refractivity contribution >= 4 is 55.6 Å². The second kappa shape index (κ2) is 14.7. The number of hydrogen-bond donors (Lipinski definition) is 0. The maximum absolute atomic E-state index is 2.37. The van der Waals surface area contributed by atoms with E-state index in [1.165, 1.54) is 31.8 Å². The molecule has 0 saturated carbocycles. The van der Waals surface area contributed by atoms with Crippen LogP contribution in [-0.2, 0) is 0 Å². The lowest BCUT2D eigenvalue weighted by atomic mass is 10.4. The number of hydrogen-bond acceptors (Lipinski definition) is 0. The first-order valence-electron chi connectivity index (χ1n) is 14.5. The molecule has 0 bridgehead atoms. The third kappa shape index (κ3) is 6.97. The van der Waals surface area contributed by atoms with Gasteiger partial charge >= 0.3 is 0 Å². The monoisotopic (exact) mass is 596 g/mol. The molecule has 206 valence electrons. The standard InChI is InChI=1S/C39H35P3/c1-7-19-33(20-8-1)40(34-21-9-2-10-22-34)32-31-39(41(35-23-11-3-12-24-35)36-25-13-4-14-26-36)42(37-27-15-5-16-28-37)38-29-17-6-18-30-38/h1-30,39H,31-32H2. The minimum Gasteiger partial charge on any atom is -0.0622 e. The predicted molar refractivity (Wildman–Crippen MR) is 190 cm³/mol. The van der Waals surface area contributed by atoms with Crippen molar-refractivity contribution in [1.82, 2.24) is 0 Å². The van der Waals surface area contributed by atoms with Gasteiger partial charge in [-0.25, -0.2) is 0 Å². The summed E-state index contributed by atoms with van der Waals surface area (Å²) in [5.41, 5.74) is 0. The number of benzene rings is 6. The van der Waals surface area contributed by atoms with E-state index in [4.69, 9.17) is 0 Å². The largest absolute Gasteiger partial charge is 0.0622 e. The van der Waals surface area contributed by atoms with Crippen LogP contribution in [0.3, 0.4) is 0 Å². The molecule has 0 N–H and O–H groups in total. The molecule has 0 heterocycles. The Kier molecular flexibility index (Phi) is 10.0. The molecule has 42 heavy (non-hydrogen) atoms. The zero-order valence-electron chi connectivity index (χ0n) is 23.7. The van der Waals surface area contributed by atoms with Crippen LogP contribution in [0.4, 0.5) is 0 Å². The maximum atomic E-state index is 2.37. The third-order valence-corrected chi connectivity index (χ3v) is 16.5. The molecule has 0 unspecified atom stereocenters. The summed E-state index contributed by atoms with van der Waals surface area (Å²) in [6.07, 6.45) is 2.31. The summed E-state index contributed by atoms with van der Waals surface area (Å²) in [5, 5.41) is 9.26. The van der Waals surface area contributed by atoms with Crippen molar-refractivity contribution in [2.45, 2.75) is 11.8 Å². The van der Waals surface area contributed by atoms with E-state index >= 15 is 0 Å². The molecule has 0 aliphatic rings. The van der Waals surface area contributed by atoms with Gasteiger partial charge in [0.05, 0.1) is 0 Å². The smallest absolute Gasteiger partial charge is 0.0158 e. The van der Waals surface area contributed by atoms with Crippen LogP contribution in [0.25, 0.3) is 0 Å². The molecule has 0 aromatic heterocycles. The fourth-order valence-corrected chi connectivity index (χ4v) is 15.6. The minimum atomic E-state index is -0.630. The third-order valence-electron chi connectivity index (χ3n) is 7.48. The highest BCUT2D eigenvalue weighted by molar-refractivity contribution is 7.89. The van der Waals surface area contributed by atoms with E-state index in [2.05, 4.69) is 182 Å². The molecule has 0 radical (unpaired) electrons. The van der Waals surface area contributed by atoms with Crippen molar-refractivity contribution in [3.05, 3.63) is 182 Å². The highest BCUT2D eigenvalue weighted by Crippen LogP contribution is 2.58. The van der Waals surface area contributed by atoms with E-state index in [-0.39, 0.29) is 0 Å². The minimum absolute atomic E-state index is 0.474. The first-order valence-corrected chi connectivity index (χ1v) is 18.9. The van der Waals surface area contributed by atoms with E-state index < -0.39 is 23.8 Å². The fraction of sp³-hybridized carbons (Fsp3) is 0.0769. The van der Waals surface area contributed by atoms with Crippen LogP contribution < -0.4 is 31.8 Å². The molecule has 0 nitrogen and oxygen atoms in total. The lowest BCUT2D eigenvalue weighted by molar-refractivity contribution is 1.05. The Labute approximate surface area is 254 Å². The zero-order valence-corrected chi connectivity index (χ0v) is 26.3. The van der Waals surface area contributed by atoms with Crippen LogP contribution >= 0.6 is 23.8 Å². The van der Waals surface area contributed by atoms with E-state index in [0.29, 0.717) is 5.40 Å². The van der Waals surface area contributed by atoms with Crippen LogP contribution in [0, 0.1) is 0 Å². The van der Waals surface area contributed by atoms with Gasteiger partial charge in [0.1, 0.15) is 0 Å². The van der Waals surface area contributed by atoms with Crippen molar-refractivity contribution < 1.29 is 0 Å². The first-order chi connectivity index (χ1) is 20.9. The van der Waals surface area contributed by atoms with Crippen molar-refractivity contribution in [2.24, 2.45) is 0 Å². The molecule has 3 heteroatoms. The van der Waals surface area contributed by atoms with Crippen LogP contribution in [0.5, 0.6) is 0 Å². The summed E-state index contributed by atoms with van der Waals surface area (Å²) in [4.78, 5) is 0. The average molecular weight is 597 g/mol. The second-order valence-electron chi connectivity index (χ2n) is 10.2. The maximum Gasteiger partial charge on any atom is 0.0158 e. The molecule has 6 aromatic carbocycles. The van der Waals surface area contributed by atoms with Gasteiger partial charge in [0.15, 0.2) is 0 Å². The normalized spacial score (nSPS) is 11.4. The first kappa shape index (κ1) is 28.7. The van der Waals surface area contributed by atoms with E-state index in [0.717, 1.165) is 12.6 Å². The van der Waals surface area contributed by atoms with Crippen LogP contribution in [0.2, 0.25) is 0 Å². The molecule has 6 rings (SSSR count). The molecule has 0 amide bonds. The summed E-state index contributed by atoms with van der Waals surface area (Å²) in [5.74, 6) is 0. The Hall–Kier alpha value is -3.39. The average Bonchev–Trinajstić information content (AvgIpc) is 3.08. The van der Waals surface area contributed by atoms with E-state index in [9.17, 15) is 0 Å². The Balaban J connectivity index is 1.50. The predicted octanol–water partition coefficient (Wildman–Crippen LogP) is 8.10. The Morgan fingerprint density at radius 3 is 0.810 bits per heavy atom. The van der Waals surface area contributed by atoms with Gasteiger partial charge in [0.2, 0.25) is 0 Å². The lowest BCUT2D eigenvalue weighted by Gasteiger charge is -2.37. The van der Waals surface area contributed by atoms with Crippen LogP contribution in [-0.4, -0.2) is 11.6 Å². The van der Waals surface area contributed by atoms with Gasteiger partial charge in [-0.2, -0.15) is 0 Å². The lowest BCUT2D eigenvalue weighted by Crippen LogP contribution is -2.29. The summed E-state index contributed by atoms with van der Waals surface area (Å²) in [6, 6.07) is 67.7. The van der Waals surface area contributed by atoms with Gasteiger partial charge in [0, 0.05) is 5.40 Å². The molecule has 0 atom stereocenters. The molecule has 0 saturated heterocycles. The molecule has 0 aliphatic carbocycles. The van der Waals surface area contributed by atoms with Gasteiger partial charge in [-0.1, -0.05) is 182 Å². The van der Waals surface area contributed by atoms with Gasteiger partial charge in [-0.3, -0.25) is 0 Å². The van der Waals surface area contributed by atoms with Crippen LogP contribution in [0.15, 0.2) is 182 Å². The summed E-state index contributed by atoms with van der Waals surface area (Å²) in [6.45, 7) is 0. The topological polar surface area (TPSA) is 0 Å². The molecule has 0 fully saturated rings. The highest BCUT2D eigenvalue weighted by Gasteiger charge is 2.34. The molecule has 6 aromatic rings. The van der Waals surface area contributed by atoms with Crippen molar-refractivity contribution in [2.75, 3.05) is 6.16 Å². The second-order valence-corrected chi connectivity index (χ2v) is 17.7. The quantitative estimate of drug-likeness (QED) is 0.133. The molecule has 0 spiro atoms. The molecule has 0 aliphatic heterocycles. The van der Waals surface area contributed by atoms with Crippen molar-refractivity contribution in [3.8, 4) is 0 Å². The van der Waals surface area contributed by atoms with Crippen molar-refractivity contribution in [1.29, 1.82) is 0 Å². The SMILES string of the molecule is c1ccc(P(CCC(P(c2ccccc2)c2ccccc2)P(c2ccccc2)c2ccccc2)c2ccccc2)cc1. The Morgan fingerprint density at radius 2 is 0.548 bits per heavy atom. The Bertz CT molecular complexity index is 1410. The van der Waals surface area contributed by atoms with Gasteiger partial charge < -0.3 is 0 Å². The van der Waals surface area contributed by atoms with E-state index in [1.807, 2.05) is 0 Å². The number of rotatable bonds is 11. The summed E-state index contributed by atoms with van der Waals surface area (Å²) < 4.78 is 0. The summed E-state index contributed by atoms with van der Waals surface area (Å²) >= 11 is 0. The Morgan fingerprint density at radius 1 is 0.310 bits per heavy atom. The van der Waals surface area contributed by atoms with Crippen LogP contribution in [0.1, 0.15) is 6.42 Å². The summed E-state index contributed by atoms with van der Waals surface area (Å²) in [7, 11) is -1.75. The molecular formula is C39H35P3. The molecular weight excluding hydrogens is 561 g/mol. The highest BCUT2D eigenvalue weighted by atomic mass is 31.2. The van der Waals surface area contributed by atoms with E-state index in [1.54, 1.807) is 0 Å². The zero-order chi connectivity index (χ0) is 28.4. The van der Waals surface area contributed by atoms with Gasteiger partial charge in [-0.05, 0) is 68.2 Å². The van der Waals surface area contributed by atoms with Crippen molar-refractivity contribution in [3.63, 3.8) is 0 Å². The van der Waals surface area contributed by atoms with Gasteiger partial charge in [0.25, 0.3) is 0 Å². The fourth-order valence-electron chi connectivity index (χ4n) is 5.58. The van der Waals surface area contributed by atoms with Gasteiger partial charge in [-0.15, -0.1) is 0 Å².